The minimum atomic E-state index is 0.282. The normalized spacial score (nSPS) is 12.9. The molecule has 0 fully saturated rings. The van der Waals surface area contributed by atoms with E-state index in [9.17, 15) is 0 Å². The molecule has 0 saturated heterocycles. The summed E-state index contributed by atoms with van der Waals surface area (Å²) in [4.78, 5) is 4.65. The molecule has 3 rings (SSSR count). The number of nitrogens with zero attached hydrogens (tertiary/aromatic N) is 1. The highest BCUT2D eigenvalue weighted by molar-refractivity contribution is 5.78. The Bertz CT molecular complexity index is 850. The van der Waals surface area contributed by atoms with Gasteiger partial charge in [-0.05, 0) is 48.7 Å². The van der Waals surface area contributed by atoms with Crippen molar-refractivity contribution < 1.29 is 4.74 Å². The minimum absolute atomic E-state index is 0.282. The fourth-order valence-corrected chi connectivity index (χ4v) is 3.14. The fraction of sp³-hybridized carbons (Fsp3) is 0.348. The topological polar surface area (TPSA) is 34.1 Å². The molecular formula is C23H28N2O. The van der Waals surface area contributed by atoms with Gasteiger partial charge in [0.1, 0.15) is 12.4 Å². The second kappa shape index (κ2) is 7.88. The molecule has 1 aromatic heterocycles. The van der Waals surface area contributed by atoms with Crippen LogP contribution in [0.2, 0.25) is 0 Å². The predicted molar refractivity (Wildman–Crippen MR) is 108 cm³/mol. The molecule has 0 aliphatic heterocycles. The molecule has 0 saturated carbocycles. The van der Waals surface area contributed by atoms with Gasteiger partial charge in [-0.25, -0.2) is 4.98 Å². The van der Waals surface area contributed by atoms with Crippen LogP contribution in [-0.2, 0) is 6.61 Å². The van der Waals surface area contributed by atoms with Gasteiger partial charge in [0.05, 0.1) is 11.2 Å². The van der Waals surface area contributed by atoms with Crippen LogP contribution in [0.25, 0.3) is 10.9 Å². The van der Waals surface area contributed by atoms with Gasteiger partial charge in [-0.1, -0.05) is 57.2 Å². The largest absolute Gasteiger partial charge is 0.487 e. The zero-order valence-electron chi connectivity index (χ0n) is 16.1. The quantitative estimate of drug-likeness (QED) is 0.638. The number of pyridine rings is 1. The molecule has 26 heavy (non-hydrogen) atoms. The molecule has 3 heteroatoms. The Morgan fingerprint density at radius 1 is 0.962 bits per heavy atom. The summed E-state index contributed by atoms with van der Waals surface area (Å²) in [6, 6.07) is 21.0. The van der Waals surface area contributed by atoms with Crippen molar-refractivity contribution in [2.75, 3.05) is 7.05 Å². The Kier molecular flexibility index (Phi) is 5.58. The maximum atomic E-state index is 5.93. The molecule has 1 unspecified atom stereocenters. The number of para-hydroxylation sites is 1. The Morgan fingerprint density at radius 2 is 1.69 bits per heavy atom. The molecule has 3 nitrogen and oxygen atoms in total. The molecule has 0 spiro atoms. The number of benzene rings is 2. The van der Waals surface area contributed by atoms with Crippen LogP contribution in [0.3, 0.4) is 0 Å². The van der Waals surface area contributed by atoms with E-state index in [-0.39, 0.29) is 5.41 Å². The van der Waals surface area contributed by atoms with E-state index >= 15 is 0 Å². The zero-order valence-corrected chi connectivity index (χ0v) is 16.1. The van der Waals surface area contributed by atoms with Crippen molar-refractivity contribution >= 4 is 10.9 Å². The van der Waals surface area contributed by atoms with E-state index in [2.05, 4.69) is 55.3 Å². The number of hydrogen-bond donors (Lipinski definition) is 1. The van der Waals surface area contributed by atoms with Crippen LogP contribution in [0.5, 0.6) is 5.75 Å². The first kappa shape index (κ1) is 18.4. The average molecular weight is 348 g/mol. The molecular weight excluding hydrogens is 320 g/mol. The van der Waals surface area contributed by atoms with Gasteiger partial charge in [0.2, 0.25) is 0 Å². The van der Waals surface area contributed by atoms with Crippen LogP contribution < -0.4 is 10.1 Å². The third-order valence-electron chi connectivity index (χ3n) is 4.49. The smallest absolute Gasteiger partial charge is 0.130 e. The number of rotatable bonds is 6. The van der Waals surface area contributed by atoms with Gasteiger partial charge in [0.25, 0.3) is 0 Å². The first-order valence-electron chi connectivity index (χ1n) is 9.19. The summed E-state index contributed by atoms with van der Waals surface area (Å²) in [5.41, 5.74) is 3.51. The van der Waals surface area contributed by atoms with Crippen molar-refractivity contribution in [3.8, 4) is 5.75 Å². The SMILES string of the molecule is CNC(CC(C)(C)C)c1ccc(OCc2ccc3ccccc3n2)cc1. The highest BCUT2D eigenvalue weighted by atomic mass is 16.5. The van der Waals surface area contributed by atoms with Crippen molar-refractivity contribution in [1.29, 1.82) is 0 Å². The van der Waals surface area contributed by atoms with E-state index in [1.165, 1.54) is 5.56 Å². The second-order valence-electron chi connectivity index (χ2n) is 7.96. The number of fused-ring (bicyclic) bond motifs is 1. The molecule has 0 aliphatic carbocycles. The van der Waals surface area contributed by atoms with Gasteiger partial charge in [-0.3, -0.25) is 0 Å². The van der Waals surface area contributed by atoms with Crippen molar-refractivity contribution in [1.82, 2.24) is 10.3 Å². The minimum Gasteiger partial charge on any atom is -0.487 e. The summed E-state index contributed by atoms with van der Waals surface area (Å²) < 4.78 is 5.93. The lowest BCUT2D eigenvalue weighted by Gasteiger charge is -2.26. The summed E-state index contributed by atoms with van der Waals surface area (Å²) >= 11 is 0. The van der Waals surface area contributed by atoms with Crippen LogP contribution in [0, 0.1) is 5.41 Å². The van der Waals surface area contributed by atoms with Crippen LogP contribution in [0.4, 0.5) is 0 Å². The molecule has 1 heterocycles. The highest BCUT2D eigenvalue weighted by Gasteiger charge is 2.18. The Balaban J connectivity index is 1.65. The van der Waals surface area contributed by atoms with Crippen molar-refractivity contribution in [3.05, 3.63) is 71.9 Å². The molecule has 0 bridgehead atoms. The van der Waals surface area contributed by atoms with Crippen LogP contribution >= 0.6 is 0 Å². The summed E-state index contributed by atoms with van der Waals surface area (Å²) in [6.45, 7) is 7.28. The van der Waals surface area contributed by atoms with E-state index in [0.29, 0.717) is 12.6 Å². The fourth-order valence-electron chi connectivity index (χ4n) is 3.14. The van der Waals surface area contributed by atoms with Crippen LogP contribution in [0.1, 0.15) is 44.5 Å². The Labute approximate surface area is 156 Å². The van der Waals surface area contributed by atoms with Gasteiger partial charge >= 0.3 is 0 Å². The van der Waals surface area contributed by atoms with E-state index < -0.39 is 0 Å². The maximum Gasteiger partial charge on any atom is 0.130 e. The third kappa shape index (κ3) is 4.83. The number of nitrogens with one attached hydrogen (secondary N) is 1. The molecule has 1 atom stereocenters. The van der Waals surface area contributed by atoms with Crippen LogP contribution in [0.15, 0.2) is 60.7 Å². The first-order valence-corrected chi connectivity index (χ1v) is 9.19. The molecule has 136 valence electrons. The molecule has 1 N–H and O–H groups in total. The van der Waals surface area contributed by atoms with E-state index in [0.717, 1.165) is 28.8 Å². The highest BCUT2D eigenvalue weighted by Crippen LogP contribution is 2.30. The second-order valence-corrected chi connectivity index (χ2v) is 7.96. The van der Waals surface area contributed by atoms with Gasteiger partial charge in [0, 0.05) is 11.4 Å². The number of hydrogen-bond acceptors (Lipinski definition) is 3. The number of ether oxygens (including phenoxy) is 1. The molecule has 0 aliphatic rings. The predicted octanol–water partition coefficient (Wildman–Crippen LogP) is 5.51. The molecule has 3 aromatic rings. The van der Waals surface area contributed by atoms with Crippen molar-refractivity contribution in [3.63, 3.8) is 0 Å². The summed E-state index contributed by atoms with van der Waals surface area (Å²) in [5, 5.41) is 4.57. The average Bonchev–Trinajstić information content (AvgIpc) is 2.64. The van der Waals surface area contributed by atoms with Crippen molar-refractivity contribution in [2.45, 2.75) is 39.8 Å². The zero-order chi connectivity index (χ0) is 18.6. The first-order chi connectivity index (χ1) is 12.4. The lowest BCUT2D eigenvalue weighted by molar-refractivity contribution is 0.301. The molecule has 2 aromatic carbocycles. The Hall–Kier alpha value is -2.39. The van der Waals surface area contributed by atoms with E-state index in [4.69, 9.17) is 4.74 Å². The molecule has 0 radical (unpaired) electrons. The van der Waals surface area contributed by atoms with Gasteiger partial charge in [-0.2, -0.15) is 0 Å². The van der Waals surface area contributed by atoms with Gasteiger partial charge < -0.3 is 10.1 Å². The summed E-state index contributed by atoms with van der Waals surface area (Å²) in [5.74, 6) is 0.870. The lowest BCUT2D eigenvalue weighted by Crippen LogP contribution is -2.22. The third-order valence-corrected chi connectivity index (χ3v) is 4.49. The van der Waals surface area contributed by atoms with Crippen LogP contribution in [-0.4, -0.2) is 12.0 Å². The maximum absolute atomic E-state index is 5.93. The van der Waals surface area contributed by atoms with E-state index in [1.807, 2.05) is 43.4 Å². The Morgan fingerprint density at radius 3 is 2.38 bits per heavy atom. The van der Waals surface area contributed by atoms with Gasteiger partial charge in [-0.15, -0.1) is 0 Å². The lowest BCUT2D eigenvalue weighted by atomic mass is 9.85. The standard InChI is InChI=1S/C23H28N2O/c1-23(2,3)15-22(24-4)18-10-13-20(14-11-18)26-16-19-12-9-17-7-5-6-8-21(17)25-19/h5-14,22,24H,15-16H2,1-4H3. The number of aromatic nitrogens is 1. The monoisotopic (exact) mass is 348 g/mol. The summed E-state index contributed by atoms with van der Waals surface area (Å²) in [7, 11) is 2.02. The van der Waals surface area contributed by atoms with Crippen molar-refractivity contribution in [2.24, 2.45) is 5.41 Å². The van der Waals surface area contributed by atoms with E-state index in [1.54, 1.807) is 0 Å². The summed E-state index contributed by atoms with van der Waals surface area (Å²) in [6.07, 6.45) is 1.09. The molecule has 0 amide bonds. The van der Waals surface area contributed by atoms with Gasteiger partial charge in [0.15, 0.2) is 0 Å².